The lowest BCUT2D eigenvalue weighted by Gasteiger charge is -2.16. The molecule has 5 nitrogen and oxygen atoms in total. The Morgan fingerprint density at radius 1 is 1.43 bits per heavy atom. The molecule has 0 aliphatic heterocycles. The lowest BCUT2D eigenvalue weighted by atomic mass is 10.0. The molecule has 0 aliphatic rings. The van der Waals surface area contributed by atoms with E-state index in [1.165, 1.54) is 0 Å². The van der Waals surface area contributed by atoms with Crippen LogP contribution in [0, 0.1) is 0 Å². The molecule has 0 aliphatic carbocycles. The van der Waals surface area contributed by atoms with Crippen molar-refractivity contribution in [2.75, 3.05) is 7.11 Å². The standard InChI is InChI=1S/C15H21BrN4O/c1-4-12-15(16)13(20(5-2)19-12)8-11(17)10-6-7-18-9-14(10)21-3/h6-7,9,11H,4-5,8,17H2,1-3H3. The second kappa shape index (κ2) is 7.04. The largest absolute Gasteiger partial charge is 0.495 e. The van der Waals surface area contributed by atoms with Crippen LogP contribution in [-0.2, 0) is 19.4 Å². The Balaban J connectivity index is 2.31. The molecule has 0 radical (unpaired) electrons. The van der Waals surface area contributed by atoms with Gasteiger partial charge < -0.3 is 10.5 Å². The molecule has 0 saturated heterocycles. The van der Waals surface area contributed by atoms with Crippen molar-refractivity contribution >= 4 is 15.9 Å². The van der Waals surface area contributed by atoms with Crippen LogP contribution in [0.5, 0.6) is 5.75 Å². The van der Waals surface area contributed by atoms with E-state index >= 15 is 0 Å². The van der Waals surface area contributed by atoms with Crippen LogP contribution in [0.3, 0.4) is 0 Å². The number of hydrogen-bond donors (Lipinski definition) is 1. The maximum absolute atomic E-state index is 6.38. The van der Waals surface area contributed by atoms with Crippen molar-refractivity contribution < 1.29 is 4.74 Å². The number of pyridine rings is 1. The summed E-state index contributed by atoms with van der Waals surface area (Å²) in [6.07, 6.45) is 5.02. The van der Waals surface area contributed by atoms with Crippen LogP contribution < -0.4 is 10.5 Å². The Morgan fingerprint density at radius 3 is 2.81 bits per heavy atom. The molecule has 0 fully saturated rings. The number of rotatable bonds is 6. The highest BCUT2D eigenvalue weighted by Crippen LogP contribution is 2.29. The Kier molecular flexibility index (Phi) is 5.36. The molecule has 2 aromatic rings. The molecule has 2 aromatic heterocycles. The summed E-state index contributed by atoms with van der Waals surface area (Å²) in [5.41, 5.74) is 9.53. The van der Waals surface area contributed by atoms with Gasteiger partial charge in [-0.05, 0) is 35.3 Å². The van der Waals surface area contributed by atoms with Crippen molar-refractivity contribution in [2.24, 2.45) is 5.73 Å². The average Bonchev–Trinajstić information content (AvgIpc) is 2.83. The zero-order valence-electron chi connectivity index (χ0n) is 12.6. The van der Waals surface area contributed by atoms with Gasteiger partial charge in [-0.1, -0.05) is 6.92 Å². The zero-order chi connectivity index (χ0) is 15.4. The van der Waals surface area contributed by atoms with Gasteiger partial charge in [0.2, 0.25) is 0 Å². The van der Waals surface area contributed by atoms with E-state index in [4.69, 9.17) is 10.5 Å². The predicted molar refractivity (Wildman–Crippen MR) is 86.4 cm³/mol. The minimum atomic E-state index is -0.161. The van der Waals surface area contributed by atoms with Gasteiger partial charge in [-0.3, -0.25) is 9.67 Å². The summed E-state index contributed by atoms with van der Waals surface area (Å²) in [7, 11) is 1.63. The van der Waals surface area contributed by atoms with Crippen LogP contribution in [0.1, 0.15) is 36.8 Å². The molecule has 114 valence electrons. The lowest BCUT2D eigenvalue weighted by molar-refractivity contribution is 0.403. The highest BCUT2D eigenvalue weighted by Gasteiger charge is 2.19. The summed E-state index contributed by atoms with van der Waals surface area (Å²) < 4.78 is 8.42. The Morgan fingerprint density at radius 2 is 2.19 bits per heavy atom. The predicted octanol–water partition coefficient (Wildman–Crippen LogP) is 2.87. The van der Waals surface area contributed by atoms with E-state index in [1.54, 1.807) is 19.5 Å². The van der Waals surface area contributed by atoms with E-state index in [-0.39, 0.29) is 6.04 Å². The van der Waals surface area contributed by atoms with E-state index < -0.39 is 0 Å². The van der Waals surface area contributed by atoms with Crippen LogP contribution in [0.15, 0.2) is 22.9 Å². The van der Waals surface area contributed by atoms with Crippen molar-refractivity contribution in [3.63, 3.8) is 0 Å². The number of aryl methyl sites for hydroxylation is 2. The van der Waals surface area contributed by atoms with Gasteiger partial charge in [-0.15, -0.1) is 0 Å². The smallest absolute Gasteiger partial charge is 0.141 e. The minimum absolute atomic E-state index is 0.161. The Labute approximate surface area is 133 Å². The molecule has 0 amide bonds. The van der Waals surface area contributed by atoms with Gasteiger partial charge in [0.25, 0.3) is 0 Å². The van der Waals surface area contributed by atoms with E-state index in [9.17, 15) is 0 Å². The molecule has 1 atom stereocenters. The number of nitrogens with two attached hydrogens (primary N) is 1. The van der Waals surface area contributed by atoms with Gasteiger partial charge in [0, 0.05) is 30.8 Å². The van der Waals surface area contributed by atoms with E-state index in [0.29, 0.717) is 6.42 Å². The number of ether oxygens (including phenoxy) is 1. The molecule has 21 heavy (non-hydrogen) atoms. The monoisotopic (exact) mass is 352 g/mol. The summed E-state index contributed by atoms with van der Waals surface area (Å²) in [6.45, 7) is 5.01. The summed E-state index contributed by atoms with van der Waals surface area (Å²) >= 11 is 3.66. The van der Waals surface area contributed by atoms with Gasteiger partial charge >= 0.3 is 0 Å². The topological polar surface area (TPSA) is 66.0 Å². The van der Waals surface area contributed by atoms with Crippen molar-refractivity contribution in [1.29, 1.82) is 0 Å². The Hall–Kier alpha value is -1.40. The molecule has 0 aromatic carbocycles. The molecule has 0 spiro atoms. The second-order valence-electron chi connectivity index (χ2n) is 4.80. The van der Waals surface area contributed by atoms with Crippen LogP contribution >= 0.6 is 15.9 Å². The van der Waals surface area contributed by atoms with Gasteiger partial charge in [-0.25, -0.2) is 0 Å². The fourth-order valence-electron chi connectivity index (χ4n) is 2.40. The fourth-order valence-corrected chi connectivity index (χ4v) is 3.12. The zero-order valence-corrected chi connectivity index (χ0v) is 14.2. The summed E-state index contributed by atoms with van der Waals surface area (Å²) in [6, 6.07) is 1.75. The number of nitrogens with zero attached hydrogens (tertiary/aromatic N) is 3. The lowest BCUT2D eigenvalue weighted by Crippen LogP contribution is -2.17. The summed E-state index contributed by atoms with van der Waals surface area (Å²) in [4.78, 5) is 4.07. The SMILES string of the molecule is CCc1nn(CC)c(CC(N)c2ccncc2OC)c1Br. The van der Waals surface area contributed by atoms with Crippen LogP contribution in [0.4, 0.5) is 0 Å². The van der Waals surface area contributed by atoms with Gasteiger partial charge in [0.05, 0.1) is 29.2 Å². The van der Waals surface area contributed by atoms with Crippen LogP contribution in [0.2, 0.25) is 0 Å². The highest BCUT2D eigenvalue weighted by molar-refractivity contribution is 9.10. The molecule has 0 saturated carbocycles. The molecular weight excluding hydrogens is 332 g/mol. The van der Waals surface area contributed by atoms with Crippen molar-refractivity contribution in [3.05, 3.63) is 39.9 Å². The van der Waals surface area contributed by atoms with Crippen LogP contribution in [-0.4, -0.2) is 21.9 Å². The minimum Gasteiger partial charge on any atom is -0.495 e. The van der Waals surface area contributed by atoms with E-state index in [2.05, 4.69) is 39.9 Å². The third-order valence-corrected chi connectivity index (χ3v) is 4.46. The molecule has 0 bridgehead atoms. The van der Waals surface area contributed by atoms with Crippen molar-refractivity contribution in [2.45, 2.75) is 39.3 Å². The second-order valence-corrected chi connectivity index (χ2v) is 5.60. The quantitative estimate of drug-likeness (QED) is 0.867. The molecular formula is C15H21BrN4O. The van der Waals surface area contributed by atoms with E-state index in [0.717, 1.165) is 40.1 Å². The molecule has 2 rings (SSSR count). The molecule has 6 heteroatoms. The first-order chi connectivity index (χ1) is 10.1. The van der Waals surface area contributed by atoms with E-state index in [1.807, 2.05) is 10.7 Å². The van der Waals surface area contributed by atoms with Crippen LogP contribution in [0.25, 0.3) is 0 Å². The number of hydrogen-bond acceptors (Lipinski definition) is 4. The number of halogens is 1. The molecule has 2 N–H and O–H groups in total. The van der Waals surface area contributed by atoms with Gasteiger partial charge in [-0.2, -0.15) is 5.10 Å². The summed E-state index contributed by atoms with van der Waals surface area (Å²) in [5, 5.41) is 4.61. The maximum Gasteiger partial charge on any atom is 0.141 e. The third-order valence-electron chi connectivity index (χ3n) is 3.54. The van der Waals surface area contributed by atoms with Crippen molar-refractivity contribution in [3.8, 4) is 5.75 Å². The summed E-state index contributed by atoms with van der Waals surface area (Å²) in [5.74, 6) is 0.722. The maximum atomic E-state index is 6.38. The normalized spacial score (nSPS) is 12.4. The molecule has 1 unspecified atom stereocenters. The number of methoxy groups -OCH3 is 1. The van der Waals surface area contributed by atoms with Crippen molar-refractivity contribution in [1.82, 2.24) is 14.8 Å². The fraction of sp³-hybridized carbons (Fsp3) is 0.467. The highest BCUT2D eigenvalue weighted by atomic mass is 79.9. The van der Waals surface area contributed by atoms with Gasteiger partial charge in [0.15, 0.2) is 0 Å². The Bertz CT molecular complexity index is 612. The number of aromatic nitrogens is 3. The first-order valence-electron chi connectivity index (χ1n) is 7.09. The first-order valence-corrected chi connectivity index (χ1v) is 7.89. The first kappa shape index (κ1) is 16.0. The molecule has 2 heterocycles. The third kappa shape index (κ3) is 3.27. The average molecular weight is 353 g/mol. The van der Waals surface area contributed by atoms with Gasteiger partial charge in [0.1, 0.15) is 5.75 Å².